The van der Waals surface area contributed by atoms with Gasteiger partial charge in [-0.25, -0.2) is 0 Å². The van der Waals surface area contributed by atoms with Gasteiger partial charge < -0.3 is 5.32 Å². The summed E-state index contributed by atoms with van der Waals surface area (Å²) in [7, 11) is 1.65. The molecular formula is C13H11ClN4O. The number of rotatable bonds is 2. The molecular weight excluding hydrogens is 264 g/mol. The number of aryl methyl sites for hydroxylation is 1. The van der Waals surface area contributed by atoms with Gasteiger partial charge in [-0.15, -0.1) is 0 Å². The average Bonchev–Trinajstić information content (AvgIpc) is 2.74. The minimum Gasteiger partial charge on any atom is -0.306 e. The van der Waals surface area contributed by atoms with Crippen molar-refractivity contribution in [2.24, 2.45) is 7.05 Å². The summed E-state index contributed by atoms with van der Waals surface area (Å²) in [5.41, 5.74) is 1.48. The van der Waals surface area contributed by atoms with Crippen LogP contribution in [0, 0.1) is 18.3 Å². The van der Waals surface area contributed by atoms with E-state index in [4.69, 9.17) is 16.9 Å². The van der Waals surface area contributed by atoms with Gasteiger partial charge in [-0.3, -0.25) is 9.48 Å². The number of nitrogens with one attached hydrogen (secondary N) is 1. The van der Waals surface area contributed by atoms with Crippen LogP contribution in [0.2, 0.25) is 5.02 Å². The molecule has 1 heterocycles. The Morgan fingerprint density at radius 3 is 2.95 bits per heavy atom. The van der Waals surface area contributed by atoms with Gasteiger partial charge in [0.1, 0.15) is 17.5 Å². The van der Waals surface area contributed by atoms with Crippen molar-refractivity contribution in [2.75, 3.05) is 5.32 Å². The molecule has 5 nitrogen and oxygen atoms in total. The van der Waals surface area contributed by atoms with Crippen LogP contribution in [0.5, 0.6) is 0 Å². The van der Waals surface area contributed by atoms with Gasteiger partial charge in [-0.2, -0.15) is 10.4 Å². The monoisotopic (exact) mass is 274 g/mol. The number of nitrogens with zero attached hydrogens (tertiary/aromatic N) is 3. The number of hydrogen-bond donors (Lipinski definition) is 1. The number of amides is 1. The lowest BCUT2D eigenvalue weighted by atomic mass is 10.1. The number of benzene rings is 1. The molecule has 2 aromatic rings. The lowest BCUT2D eigenvalue weighted by molar-refractivity contribution is 0.102. The van der Waals surface area contributed by atoms with E-state index in [1.54, 1.807) is 32.2 Å². The van der Waals surface area contributed by atoms with Gasteiger partial charge in [0.15, 0.2) is 0 Å². The Morgan fingerprint density at radius 1 is 1.53 bits per heavy atom. The summed E-state index contributed by atoms with van der Waals surface area (Å²) >= 11 is 5.98. The molecule has 0 atom stereocenters. The predicted molar refractivity (Wildman–Crippen MR) is 72.1 cm³/mol. The molecule has 1 N–H and O–H groups in total. The molecule has 0 bridgehead atoms. The minimum absolute atomic E-state index is 0.315. The van der Waals surface area contributed by atoms with Crippen molar-refractivity contribution in [1.82, 2.24) is 9.78 Å². The summed E-state index contributed by atoms with van der Waals surface area (Å²) in [5, 5.41) is 16.1. The fourth-order valence-electron chi connectivity index (χ4n) is 1.70. The van der Waals surface area contributed by atoms with Gasteiger partial charge in [-0.05, 0) is 24.6 Å². The Hall–Kier alpha value is -2.32. The predicted octanol–water partition coefficient (Wildman–Crippen LogP) is 2.51. The van der Waals surface area contributed by atoms with Gasteiger partial charge in [0, 0.05) is 17.6 Å². The highest BCUT2D eigenvalue weighted by Crippen LogP contribution is 2.20. The van der Waals surface area contributed by atoms with Crippen molar-refractivity contribution >= 4 is 23.3 Å². The van der Waals surface area contributed by atoms with Crippen LogP contribution in [0.4, 0.5) is 5.82 Å². The zero-order valence-electron chi connectivity index (χ0n) is 10.4. The van der Waals surface area contributed by atoms with E-state index in [-0.39, 0.29) is 5.91 Å². The second-order valence-corrected chi connectivity index (χ2v) is 4.42. The Morgan fingerprint density at radius 2 is 2.26 bits per heavy atom. The van der Waals surface area contributed by atoms with E-state index in [9.17, 15) is 4.79 Å². The van der Waals surface area contributed by atoms with Gasteiger partial charge >= 0.3 is 0 Å². The Kier molecular flexibility index (Phi) is 3.54. The number of halogens is 1. The minimum atomic E-state index is -0.319. The summed E-state index contributed by atoms with van der Waals surface area (Å²) < 4.78 is 1.44. The highest BCUT2D eigenvalue weighted by atomic mass is 35.5. The lowest BCUT2D eigenvalue weighted by Gasteiger charge is -2.09. The zero-order valence-corrected chi connectivity index (χ0v) is 11.2. The smallest absolute Gasteiger partial charge is 0.257 e. The number of anilines is 1. The van der Waals surface area contributed by atoms with E-state index in [1.807, 2.05) is 6.07 Å². The van der Waals surface area contributed by atoms with Crippen molar-refractivity contribution in [3.63, 3.8) is 0 Å². The molecule has 6 heteroatoms. The van der Waals surface area contributed by atoms with Crippen molar-refractivity contribution in [3.05, 3.63) is 46.1 Å². The molecule has 0 spiro atoms. The first-order valence-electron chi connectivity index (χ1n) is 5.53. The second-order valence-electron chi connectivity index (χ2n) is 4.01. The Labute approximate surface area is 115 Å². The van der Waals surface area contributed by atoms with Crippen LogP contribution in [0.15, 0.2) is 24.4 Å². The molecule has 0 radical (unpaired) electrons. The quantitative estimate of drug-likeness (QED) is 0.915. The van der Waals surface area contributed by atoms with Crippen LogP contribution in [0.1, 0.15) is 21.5 Å². The first-order valence-corrected chi connectivity index (χ1v) is 5.91. The third-order valence-corrected chi connectivity index (χ3v) is 3.21. The largest absolute Gasteiger partial charge is 0.306 e. The summed E-state index contributed by atoms with van der Waals surface area (Å²) in [6.07, 6.45) is 1.40. The van der Waals surface area contributed by atoms with Gasteiger partial charge in [0.05, 0.1) is 6.20 Å². The lowest BCUT2D eigenvalue weighted by Crippen LogP contribution is -2.16. The van der Waals surface area contributed by atoms with Gasteiger partial charge in [0.25, 0.3) is 5.91 Å². The maximum absolute atomic E-state index is 12.2. The second kappa shape index (κ2) is 5.12. The van der Waals surface area contributed by atoms with Crippen molar-refractivity contribution in [2.45, 2.75) is 6.92 Å². The fourth-order valence-corrected chi connectivity index (χ4v) is 1.87. The maximum Gasteiger partial charge on any atom is 0.257 e. The zero-order chi connectivity index (χ0) is 14.0. The molecule has 0 fully saturated rings. The topological polar surface area (TPSA) is 70.7 Å². The first kappa shape index (κ1) is 13.1. The Balaban J connectivity index is 2.34. The van der Waals surface area contributed by atoms with Crippen LogP contribution in [-0.4, -0.2) is 15.7 Å². The number of carbonyl (C=O) groups excluding carboxylic acids is 1. The van der Waals surface area contributed by atoms with E-state index in [0.29, 0.717) is 27.5 Å². The number of hydrogen-bond acceptors (Lipinski definition) is 3. The van der Waals surface area contributed by atoms with Crippen molar-refractivity contribution in [3.8, 4) is 6.07 Å². The van der Waals surface area contributed by atoms with E-state index in [0.717, 1.165) is 0 Å². The average molecular weight is 275 g/mol. The number of nitriles is 1. The highest BCUT2D eigenvalue weighted by Gasteiger charge is 2.15. The molecule has 2 rings (SSSR count). The summed E-state index contributed by atoms with van der Waals surface area (Å²) in [4.78, 5) is 12.2. The SMILES string of the molecule is Cc1c(Cl)cccc1C(=O)Nc1c(C#N)cnn1C. The van der Waals surface area contributed by atoms with E-state index >= 15 is 0 Å². The summed E-state index contributed by atoms with van der Waals surface area (Å²) in [6.45, 7) is 1.77. The van der Waals surface area contributed by atoms with Crippen molar-refractivity contribution in [1.29, 1.82) is 5.26 Å². The van der Waals surface area contributed by atoms with Crippen LogP contribution in [0.3, 0.4) is 0 Å². The third-order valence-electron chi connectivity index (χ3n) is 2.80. The normalized spacial score (nSPS) is 10.0. The molecule has 1 amide bonds. The van der Waals surface area contributed by atoms with E-state index in [1.165, 1.54) is 10.9 Å². The van der Waals surface area contributed by atoms with E-state index < -0.39 is 0 Å². The fraction of sp³-hybridized carbons (Fsp3) is 0.154. The van der Waals surface area contributed by atoms with Crippen LogP contribution in [-0.2, 0) is 7.05 Å². The van der Waals surface area contributed by atoms with Crippen molar-refractivity contribution < 1.29 is 4.79 Å². The molecule has 0 aliphatic rings. The van der Waals surface area contributed by atoms with Gasteiger partial charge in [-0.1, -0.05) is 17.7 Å². The Bertz CT molecular complexity index is 684. The molecule has 0 aliphatic heterocycles. The van der Waals surface area contributed by atoms with Crippen LogP contribution < -0.4 is 5.32 Å². The standard InChI is InChI=1S/C13H11ClN4O/c1-8-10(4-3-5-11(8)14)13(19)17-12-9(6-15)7-16-18(12)2/h3-5,7H,1-2H3,(H,17,19). The number of aromatic nitrogens is 2. The van der Waals surface area contributed by atoms with Crippen LogP contribution >= 0.6 is 11.6 Å². The molecule has 1 aromatic heterocycles. The first-order chi connectivity index (χ1) is 9.04. The maximum atomic E-state index is 12.2. The van der Waals surface area contributed by atoms with E-state index in [2.05, 4.69) is 10.4 Å². The number of carbonyl (C=O) groups is 1. The molecule has 0 saturated carbocycles. The molecule has 0 unspecified atom stereocenters. The third kappa shape index (κ3) is 2.44. The molecule has 1 aromatic carbocycles. The molecule has 0 saturated heterocycles. The molecule has 96 valence electrons. The summed E-state index contributed by atoms with van der Waals surface area (Å²) in [5.74, 6) is 0.0481. The summed E-state index contributed by atoms with van der Waals surface area (Å²) in [6, 6.07) is 7.08. The van der Waals surface area contributed by atoms with Crippen LogP contribution in [0.25, 0.3) is 0 Å². The molecule has 19 heavy (non-hydrogen) atoms. The highest BCUT2D eigenvalue weighted by molar-refractivity contribution is 6.32. The molecule has 0 aliphatic carbocycles. The van der Waals surface area contributed by atoms with Gasteiger partial charge in [0.2, 0.25) is 0 Å².